The first-order valence-corrected chi connectivity index (χ1v) is 8.04. The van der Waals surface area contributed by atoms with Crippen LogP contribution in [0.25, 0.3) is 0 Å². The Hall–Kier alpha value is -2.13. The minimum atomic E-state index is 0.459. The van der Waals surface area contributed by atoms with Gasteiger partial charge >= 0.3 is 0 Å². The molecule has 108 valence electrons. The van der Waals surface area contributed by atoms with Gasteiger partial charge in [0.1, 0.15) is 0 Å². The zero-order valence-corrected chi connectivity index (χ0v) is 12.7. The van der Waals surface area contributed by atoms with E-state index in [2.05, 4.69) is 13.3 Å². The van der Waals surface area contributed by atoms with Crippen LogP contribution in [-0.4, -0.2) is 13.3 Å². The van der Waals surface area contributed by atoms with Crippen LogP contribution in [0.2, 0.25) is 0 Å². The average molecular weight is 292 g/mol. The first-order valence-electron chi connectivity index (χ1n) is 6.04. The third-order valence-electron chi connectivity index (χ3n) is 2.29. The summed E-state index contributed by atoms with van der Waals surface area (Å²) in [6, 6.07) is 10.1. The molecule has 2 aromatic rings. The van der Waals surface area contributed by atoms with Crippen molar-refractivity contribution < 1.29 is 4.74 Å². The third kappa shape index (κ3) is 4.52. The molecule has 0 aliphatic rings. The lowest BCUT2D eigenvalue weighted by Crippen LogP contribution is -1.97. The Labute approximate surface area is 121 Å². The van der Waals surface area contributed by atoms with Gasteiger partial charge in [0.15, 0.2) is 11.5 Å². The Morgan fingerprint density at radius 2 is 1.10 bits per heavy atom. The summed E-state index contributed by atoms with van der Waals surface area (Å²) < 4.78 is 5.59. The van der Waals surface area contributed by atoms with Gasteiger partial charge in [0, 0.05) is 11.4 Å². The van der Waals surface area contributed by atoms with E-state index in [1.807, 2.05) is 0 Å². The summed E-state index contributed by atoms with van der Waals surface area (Å²) in [5.74, 6) is 1.02. The van der Waals surface area contributed by atoms with Crippen LogP contribution in [-0.2, 0) is 0 Å². The molecule has 2 rings (SSSR count). The van der Waals surface area contributed by atoms with Crippen LogP contribution in [0.1, 0.15) is 0 Å². The van der Waals surface area contributed by atoms with E-state index >= 15 is 0 Å². The van der Waals surface area contributed by atoms with Gasteiger partial charge in [-0.1, -0.05) is 0 Å². The van der Waals surface area contributed by atoms with Crippen molar-refractivity contribution in [2.75, 3.05) is 36.3 Å². The maximum atomic E-state index is 5.78. The van der Waals surface area contributed by atoms with Gasteiger partial charge < -0.3 is 27.7 Å². The summed E-state index contributed by atoms with van der Waals surface area (Å²) in [7, 11) is 1.08. The predicted molar refractivity (Wildman–Crippen MR) is 90.8 cm³/mol. The normalized spacial score (nSPS) is 9.50. The van der Waals surface area contributed by atoms with Crippen LogP contribution >= 0.6 is 8.58 Å². The number of anilines is 4. The second-order valence-electron chi connectivity index (χ2n) is 4.20. The highest BCUT2D eigenvalue weighted by Gasteiger charge is 2.05. The van der Waals surface area contributed by atoms with E-state index in [0.29, 0.717) is 34.2 Å². The molecule has 0 aromatic heterocycles. The van der Waals surface area contributed by atoms with E-state index in [1.54, 1.807) is 36.4 Å². The number of ether oxygens (including phenoxy) is 1. The van der Waals surface area contributed by atoms with Gasteiger partial charge in [-0.15, -0.1) is 8.58 Å². The van der Waals surface area contributed by atoms with Crippen LogP contribution in [0.15, 0.2) is 36.4 Å². The molecule has 0 bridgehead atoms. The average Bonchev–Trinajstić information content (AvgIpc) is 2.36. The monoisotopic (exact) mass is 292 g/mol. The second-order valence-corrected chi connectivity index (χ2v) is 5.20. The summed E-state index contributed by atoms with van der Waals surface area (Å²) in [5.41, 5.74) is 24.8. The van der Waals surface area contributed by atoms with Crippen molar-refractivity contribution in [3.63, 3.8) is 0 Å². The van der Waals surface area contributed by atoms with E-state index in [4.69, 9.17) is 27.7 Å². The smallest absolute Gasteiger partial charge is 0.150 e. The third-order valence-corrected chi connectivity index (χ3v) is 2.29. The largest absolute Gasteiger partial charge is 0.453 e. The van der Waals surface area contributed by atoms with Crippen LogP contribution in [0.4, 0.5) is 22.7 Å². The van der Waals surface area contributed by atoms with Gasteiger partial charge in [-0.25, -0.2) is 0 Å². The lowest BCUT2D eigenvalue weighted by molar-refractivity contribution is 0.487. The number of rotatable bonds is 2. The van der Waals surface area contributed by atoms with Crippen LogP contribution in [0, 0.1) is 0 Å². The Morgan fingerprint density at radius 1 is 0.750 bits per heavy atom. The summed E-state index contributed by atoms with van der Waals surface area (Å²) in [6.45, 7) is 4.31. The molecule has 8 N–H and O–H groups in total. The predicted octanol–water partition coefficient (Wildman–Crippen LogP) is 2.73. The minimum Gasteiger partial charge on any atom is -0.453 e. The van der Waals surface area contributed by atoms with Crippen molar-refractivity contribution in [2.24, 2.45) is 0 Å². The van der Waals surface area contributed by atoms with Crippen molar-refractivity contribution in [1.29, 1.82) is 0 Å². The van der Waals surface area contributed by atoms with E-state index < -0.39 is 0 Å². The fourth-order valence-corrected chi connectivity index (χ4v) is 1.44. The molecule has 0 saturated heterocycles. The van der Waals surface area contributed by atoms with E-state index in [9.17, 15) is 0 Å². The van der Waals surface area contributed by atoms with Gasteiger partial charge in [-0.2, -0.15) is 0 Å². The molecule has 20 heavy (non-hydrogen) atoms. The molecule has 0 saturated carbocycles. The summed E-state index contributed by atoms with van der Waals surface area (Å²) in [5, 5.41) is 0. The molecule has 0 unspecified atom stereocenters. The van der Waals surface area contributed by atoms with Crippen molar-refractivity contribution >= 4 is 31.3 Å². The van der Waals surface area contributed by atoms with Gasteiger partial charge in [0.25, 0.3) is 0 Å². The fourth-order valence-electron chi connectivity index (χ4n) is 1.44. The Balaban J connectivity index is 0.000000612. The van der Waals surface area contributed by atoms with Crippen LogP contribution in [0.3, 0.4) is 0 Å². The van der Waals surface area contributed by atoms with Crippen molar-refractivity contribution in [1.82, 2.24) is 0 Å². The highest BCUT2D eigenvalue weighted by molar-refractivity contribution is 7.35. The number of nitrogen functional groups attached to an aromatic ring is 4. The van der Waals surface area contributed by atoms with Gasteiger partial charge in [0.05, 0.1) is 11.4 Å². The summed E-state index contributed by atoms with van der Waals surface area (Å²) in [6.07, 6.45) is 0. The van der Waals surface area contributed by atoms with E-state index in [0.717, 1.165) is 8.58 Å². The zero-order valence-electron chi connectivity index (χ0n) is 11.7. The quantitative estimate of drug-likeness (QED) is 0.502. The van der Waals surface area contributed by atoms with Crippen LogP contribution in [0.5, 0.6) is 11.5 Å². The Kier molecular flexibility index (Phi) is 5.94. The van der Waals surface area contributed by atoms with E-state index in [1.165, 1.54) is 0 Å². The maximum absolute atomic E-state index is 5.78. The van der Waals surface area contributed by atoms with Crippen molar-refractivity contribution in [3.8, 4) is 11.5 Å². The number of benzene rings is 2. The van der Waals surface area contributed by atoms with Gasteiger partial charge in [-0.05, 0) is 49.7 Å². The number of hydrogen-bond acceptors (Lipinski definition) is 5. The number of hydrogen-bond donors (Lipinski definition) is 4. The van der Waals surface area contributed by atoms with Crippen molar-refractivity contribution in [2.45, 2.75) is 0 Å². The van der Waals surface area contributed by atoms with E-state index in [-0.39, 0.29) is 0 Å². The molecule has 0 aliphatic heterocycles. The summed E-state index contributed by atoms with van der Waals surface area (Å²) >= 11 is 0. The first kappa shape index (κ1) is 15.9. The van der Waals surface area contributed by atoms with Crippen molar-refractivity contribution in [3.05, 3.63) is 36.4 Å². The molecule has 0 atom stereocenters. The molecule has 0 radical (unpaired) electrons. The maximum Gasteiger partial charge on any atom is 0.150 e. The number of nitrogens with two attached hydrogens (primary N) is 4. The van der Waals surface area contributed by atoms with Crippen LogP contribution < -0.4 is 27.7 Å². The van der Waals surface area contributed by atoms with Gasteiger partial charge in [-0.3, -0.25) is 0 Å². The lowest BCUT2D eigenvalue weighted by Gasteiger charge is -2.11. The lowest BCUT2D eigenvalue weighted by atomic mass is 10.2. The molecule has 0 aliphatic carbocycles. The fraction of sp³-hybridized carbons (Fsp3) is 0.143. The molecule has 0 spiro atoms. The molecule has 0 amide bonds. The van der Waals surface area contributed by atoms with Gasteiger partial charge in [0.2, 0.25) is 0 Å². The standard InChI is InChI=1S/C12H14N4O.C2H7P/c13-7-1-3-11(9(15)5-7)17-12-4-2-8(14)6-10(12)16;1-3-2/h1-6H,13-16H2;3H,1-2H3. The topological polar surface area (TPSA) is 113 Å². The minimum absolute atomic E-state index is 0.459. The SMILES string of the molecule is CPC.Nc1ccc(Oc2ccc(N)cc2N)c(N)c1. The Bertz CT molecular complexity index is 526. The molecule has 2 aromatic carbocycles. The Morgan fingerprint density at radius 3 is 1.40 bits per heavy atom. The molecule has 0 heterocycles. The molecule has 0 fully saturated rings. The zero-order chi connectivity index (χ0) is 15.1. The highest BCUT2D eigenvalue weighted by Crippen LogP contribution is 2.32. The first-order chi connectivity index (χ1) is 9.47. The highest BCUT2D eigenvalue weighted by atomic mass is 31.1. The molecular formula is C14H21N4OP. The molecule has 6 heteroatoms. The molecular weight excluding hydrogens is 271 g/mol. The molecule has 5 nitrogen and oxygen atoms in total. The summed E-state index contributed by atoms with van der Waals surface area (Å²) in [4.78, 5) is 0. The second kappa shape index (κ2) is 7.46.